The maximum absolute atomic E-state index is 4.40. The number of aryl methyl sites for hydroxylation is 2. The van der Waals surface area contributed by atoms with Crippen LogP contribution in [0, 0.1) is 13.8 Å². The first-order valence-corrected chi connectivity index (χ1v) is 9.70. The Balaban J connectivity index is 0.000000218. The lowest BCUT2D eigenvalue weighted by atomic mass is 10.2. The summed E-state index contributed by atoms with van der Waals surface area (Å²) < 4.78 is 0. The highest BCUT2D eigenvalue weighted by atomic mass is 79.9. The first-order valence-electron chi connectivity index (χ1n) is 8.88. The molecule has 5 aromatic rings. The maximum Gasteiger partial charge on any atom is 0.364 e. The van der Waals surface area contributed by atoms with Crippen molar-refractivity contribution in [3.8, 4) is 22.2 Å². The number of nitrogens with zero attached hydrogens (tertiary/aromatic N) is 7. The van der Waals surface area contributed by atoms with E-state index >= 15 is 0 Å². The van der Waals surface area contributed by atoms with Crippen molar-refractivity contribution < 1.29 is 43.6 Å². The van der Waals surface area contributed by atoms with Crippen LogP contribution in [0.5, 0.6) is 0 Å². The Kier molecular flexibility index (Phi) is 9.09. The van der Waals surface area contributed by atoms with Gasteiger partial charge in [-0.2, -0.15) is 0 Å². The number of tetrazole rings is 2. The highest BCUT2D eigenvalue weighted by molar-refractivity contribution is 7.13. The average Bonchev–Trinajstić information content (AvgIpc) is 3.52. The molecule has 160 valence electrons. The average molecular weight is 565 g/mol. The molecular formula is C19H19Br2N9S. The molecular weight excluding hydrogens is 546 g/mol. The van der Waals surface area contributed by atoms with Crippen LogP contribution in [0.2, 0.25) is 0 Å². The van der Waals surface area contributed by atoms with E-state index in [-0.39, 0.29) is 34.0 Å². The number of nitrogens with one attached hydrogen (secondary N) is 2. The molecule has 3 aromatic heterocycles. The second-order valence-corrected chi connectivity index (χ2v) is 7.24. The number of H-pyrrole nitrogens is 2. The van der Waals surface area contributed by atoms with Crippen molar-refractivity contribution in [2.45, 2.75) is 13.8 Å². The van der Waals surface area contributed by atoms with Crippen LogP contribution in [-0.4, -0.2) is 35.8 Å². The molecule has 0 aliphatic heterocycles. The third-order valence-electron chi connectivity index (χ3n) is 4.05. The Morgan fingerprint density at radius 2 is 1.52 bits per heavy atom. The van der Waals surface area contributed by atoms with E-state index < -0.39 is 0 Å². The Morgan fingerprint density at radius 3 is 2.10 bits per heavy atom. The molecule has 0 atom stereocenters. The van der Waals surface area contributed by atoms with Crippen molar-refractivity contribution in [3.05, 3.63) is 77.6 Å². The fraction of sp³-hybridized carbons (Fsp3) is 0.105. The highest BCUT2D eigenvalue weighted by Gasteiger charge is 2.15. The predicted molar refractivity (Wildman–Crippen MR) is 106 cm³/mol. The van der Waals surface area contributed by atoms with Gasteiger partial charge in [-0.3, -0.25) is 0 Å². The topological polar surface area (TPSA) is 104 Å². The van der Waals surface area contributed by atoms with Crippen LogP contribution in [0.3, 0.4) is 0 Å². The predicted octanol–water partition coefficient (Wildman–Crippen LogP) is -4.09. The molecule has 0 saturated heterocycles. The molecule has 0 bridgehead atoms. The summed E-state index contributed by atoms with van der Waals surface area (Å²) in [7, 11) is 0. The van der Waals surface area contributed by atoms with Crippen LogP contribution in [0.15, 0.2) is 67.0 Å². The maximum atomic E-state index is 4.40. The molecule has 0 aliphatic rings. The van der Waals surface area contributed by atoms with Gasteiger partial charge in [0, 0.05) is 4.88 Å². The van der Waals surface area contributed by atoms with Crippen molar-refractivity contribution in [1.29, 1.82) is 0 Å². The first kappa shape index (κ1) is 24.4. The summed E-state index contributed by atoms with van der Waals surface area (Å²) in [5.41, 5.74) is 3.00. The zero-order chi connectivity index (χ0) is 20.1. The van der Waals surface area contributed by atoms with Gasteiger partial charge in [-0.05, 0) is 63.1 Å². The molecule has 5 rings (SSSR count). The smallest absolute Gasteiger partial charge is 0.364 e. The van der Waals surface area contributed by atoms with E-state index in [4.69, 9.17) is 0 Å². The summed E-state index contributed by atoms with van der Waals surface area (Å²) >= 11 is 1.59. The summed E-state index contributed by atoms with van der Waals surface area (Å²) in [6, 6.07) is 19.7. The normalized spacial score (nSPS) is 9.74. The van der Waals surface area contributed by atoms with Gasteiger partial charge >= 0.3 is 11.0 Å². The molecule has 2 aromatic carbocycles. The summed E-state index contributed by atoms with van der Waals surface area (Å²) in [4.78, 5) is 8.70. The quantitative estimate of drug-likeness (QED) is 0.217. The monoisotopic (exact) mass is 563 g/mol. The van der Waals surface area contributed by atoms with Gasteiger partial charge in [-0.1, -0.05) is 63.0 Å². The Hall–Kier alpha value is -2.83. The number of halogens is 2. The standard InChI is InChI=1S/C13H10N4.C6H7N5S.2BrH/c1-3-7-11(8-4-1)13-14-16-17(15-13)12-9-5-2-6-10-12;1-4-5(2)12-6(9-4)11-8-3-7-10-11;;/h1-10H;3H,1-2H3;2*1H. The Morgan fingerprint density at radius 1 is 0.839 bits per heavy atom. The molecule has 0 amide bonds. The highest BCUT2D eigenvalue weighted by Crippen LogP contribution is 2.15. The van der Waals surface area contributed by atoms with Crippen molar-refractivity contribution in [1.82, 2.24) is 35.8 Å². The molecule has 0 spiro atoms. The van der Waals surface area contributed by atoms with Gasteiger partial charge in [0.25, 0.3) is 6.33 Å². The van der Waals surface area contributed by atoms with Crippen LogP contribution in [0.4, 0.5) is 0 Å². The lowest BCUT2D eigenvalue weighted by Gasteiger charge is -1.89. The molecule has 3 heterocycles. The van der Waals surface area contributed by atoms with Gasteiger partial charge in [0.1, 0.15) is 5.69 Å². The molecule has 2 N–H and O–H groups in total. The van der Waals surface area contributed by atoms with Crippen LogP contribution < -0.4 is 43.6 Å². The lowest BCUT2D eigenvalue weighted by Crippen LogP contribution is -3.00. The number of rotatable bonds is 3. The minimum Gasteiger partial charge on any atom is -1.00 e. The van der Waals surface area contributed by atoms with E-state index in [2.05, 4.69) is 35.8 Å². The molecule has 0 aliphatic carbocycles. The van der Waals surface area contributed by atoms with Gasteiger partial charge in [0.15, 0.2) is 5.69 Å². The summed E-state index contributed by atoms with van der Waals surface area (Å²) in [5, 5.41) is 22.7. The van der Waals surface area contributed by atoms with E-state index in [9.17, 15) is 0 Å². The molecule has 0 unspecified atom stereocenters. The van der Waals surface area contributed by atoms with E-state index in [1.807, 2.05) is 74.5 Å². The van der Waals surface area contributed by atoms with Gasteiger partial charge in [0.2, 0.25) is 0 Å². The lowest BCUT2D eigenvalue weighted by molar-refractivity contribution is -0.716. The largest absolute Gasteiger partial charge is 1.00 e. The van der Waals surface area contributed by atoms with Gasteiger partial charge in [-0.25, -0.2) is 0 Å². The molecule has 0 radical (unpaired) electrons. The number of thiazole rings is 1. The van der Waals surface area contributed by atoms with Gasteiger partial charge in [-0.15, -0.1) is 0 Å². The fourth-order valence-electron chi connectivity index (χ4n) is 2.45. The number of benzene rings is 2. The molecule has 0 fully saturated rings. The number of hydrogen-bond acceptors (Lipinski definition) is 6. The Labute approximate surface area is 203 Å². The van der Waals surface area contributed by atoms with E-state index in [1.54, 1.807) is 20.9 Å². The zero-order valence-corrected chi connectivity index (χ0v) is 20.6. The summed E-state index contributed by atoms with van der Waals surface area (Å²) in [6.07, 6.45) is 1.45. The molecule has 0 saturated carbocycles. The number of para-hydroxylation sites is 1. The third kappa shape index (κ3) is 6.09. The van der Waals surface area contributed by atoms with E-state index in [1.165, 1.54) is 11.2 Å². The van der Waals surface area contributed by atoms with Crippen molar-refractivity contribution in [3.63, 3.8) is 0 Å². The molecule has 31 heavy (non-hydrogen) atoms. The van der Waals surface area contributed by atoms with Crippen molar-refractivity contribution in [2.75, 3.05) is 0 Å². The van der Waals surface area contributed by atoms with Crippen LogP contribution >= 0.6 is 11.3 Å². The molecule has 9 nitrogen and oxygen atoms in total. The second-order valence-electron chi connectivity index (χ2n) is 6.06. The van der Waals surface area contributed by atoms with Gasteiger partial charge in [0.05, 0.1) is 10.7 Å². The summed E-state index contributed by atoms with van der Waals surface area (Å²) in [6.45, 7) is 4.01. The van der Waals surface area contributed by atoms with Crippen LogP contribution in [-0.2, 0) is 0 Å². The number of aromatic nitrogens is 9. The number of aromatic amines is 2. The first-order chi connectivity index (χ1) is 14.2. The zero-order valence-electron chi connectivity index (χ0n) is 16.6. The van der Waals surface area contributed by atoms with Crippen LogP contribution in [0.25, 0.3) is 22.2 Å². The Bertz CT molecular complexity index is 1100. The van der Waals surface area contributed by atoms with Crippen molar-refractivity contribution >= 4 is 11.3 Å². The van der Waals surface area contributed by atoms with Crippen LogP contribution in [0.1, 0.15) is 10.6 Å². The van der Waals surface area contributed by atoms with Gasteiger partial charge < -0.3 is 34.0 Å². The van der Waals surface area contributed by atoms with E-state index in [0.29, 0.717) is 5.82 Å². The SMILES string of the molecule is Cc1nc(-[n+]2ncn[nH]2)sc1C.[Br-].[Br-].c1ccc(-c2n[nH][n+](-c3ccccc3)n2)cc1. The minimum absolute atomic E-state index is 0. The second kappa shape index (κ2) is 11.5. The third-order valence-corrected chi connectivity index (χ3v) is 5.10. The molecule has 12 heteroatoms. The van der Waals surface area contributed by atoms with Crippen molar-refractivity contribution in [2.24, 2.45) is 0 Å². The fourth-order valence-corrected chi connectivity index (χ4v) is 3.27. The van der Waals surface area contributed by atoms with E-state index in [0.717, 1.165) is 22.1 Å². The minimum atomic E-state index is 0. The number of hydrogen-bond donors (Lipinski definition) is 2. The summed E-state index contributed by atoms with van der Waals surface area (Å²) in [5.74, 6) is 0.689.